The Bertz CT molecular complexity index is 462. The van der Waals surface area contributed by atoms with Crippen molar-refractivity contribution in [3.63, 3.8) is 0 Å². The minimum absolute atomic E-state index is 0.0269. The van der Waals surface area contributed by atoms with Crippen LogP contribution in [0.3, 0.4) is 0 Å². The van der Waals surface area contributed by atoms with Crippen molar-refractivity contribution < 1.29 is 47.7 Å². The van der Waals surface area contributed by atoms with Gasteiger partial charge in [0, 0.05) is 0 Å². The van der Waals surface area contributed by atoms with Crippen molar-refractivity contribution in [2.75, 3.05) is 106 Å². The Balaban J connectivity index is 0.000000245. The van der Waals surface area contributed by atoms with Crippen molar-refractivity contribution >= 4 is 0 Å². The van der Waals surface area contributed by atoms with E-state index in [0.717, 1.165) is 0 Å². The molecule has 0 aromatic heterocycles. The molecule has 0 saturated carbocycles. The molecule has 10 heteroatoms. The summed E-state index contributed by atoms with van der Waals surface area (Å²) in [5, 5.41) is 8.92. The van der Waals surface area contributed by atoms with Crippen LogP contribution in [0, 0.1) is 0 Å². The lowest BCUT2D eigenvalue weighted by Crippen LogP contribution is -2.32. The van der Waals surface area contributed by atoms with E-state index < -0.39 is 0 Å². The van der Waals surface area contributed by atoms with Crippen molar-refractivity contribution in [2.45, 2.75) is 18.3 Å². The fraction of sp³-hybridized carbons (Fsp3) is 0.826. The molecule has 3 unspecified atom stereocenters. The topological polar surface area (TPSA) is 103 Å². The molecular formula is C23H40O10. The predicted octanol–water partition coefficient (Wildman–Crippen LogP) is 0.374. The van der Waals surface area contributed by atoms with Crippen molar-refractivity contribution in [3.05, 3.63) is 24.3 Å². The Morgan fingerprint density at radius 1 is 0.485 bits per heavy atom. The summed E-state index contributed by atoms with van der Waals surface area (Å²) >= 11 is 0. The van der Waals surface area contributed by atoms with Gasteiger partial charge in [-0.25, -0.2) is 0 Å². The molecule has 0 spiro atoms. The zero-order valence-electron chi connectivity index (χ0n) is 19.5. The lowest BCUT2D eigenvalue weighted by atomic mass is 10.1. The Kier molecular flexibility index (Phi) is 17.6. The van der Waals surface area contributed by atoms with E-state index in [-0.39, 0.29) is 24.9 Å². The van der Waals surface area contributed by atoms with Gasteiger partial charge in [-0.05, 0) is 0 Å². The molecule has 0 aromatic carbocycles. The van der Waals surface area contributed by atoms with Crippen molar-refractivity contribution in [1.82, 2.24) is 0 Å². The maximum absolute atomic E-state index is 8.92. The van der Waals surface area contributed by atoms with Gasteiger partial charge < -0.3 is 47.7 Å². The minimum Gasteiger partial charge on any atom is -0.394 e. The highest BCUT2D eigenvalue weighted by Gasteiger charge is 2.19. The van der Waals surface area contributed by atoms with Gasteiger partial charge in [-0.1, -0.05) is 24.3 Å². The number of ether oxygens (including phenoxy) is 9. The van der Waals surface area contributed by atoms with E-state index >= 15 is 0 Å². The largest absolute Gasteiger partial charge is 0.394 e. The smallest absolute Gasteiger partial charge is 0.106 e. The molecule has 192 valence electrons. The Morgan fingerprint density at radius 2 is 0.848 bits per heavy atom. The second kappa shape index (κ2) is 20.5. The van der Waals surface area contributed by atoms with Gasteiger partial charge in [-0.3, -0.25) is 0 Å². The number of hydrogen-bond acceptors (Lipinski definition) is 10. The number of allylic oxidation sites excluding steroid dienone is 2. The van der Waals surface area contributed by atoms with E-state index in [2.05, 4.69) is 0 Å². The van der Waals surface area contributed by atoms with Gasteiger partial charge in [0.25, 0.3) is 0 Å². The van der Waals surface area contributed by atoms with E-state index in [9.17, 15) is 0 Å². The Labute approximate surface area is 196 Å². The molecule has 2 fully saturated rings. The van der Waals surface area contributed by atoms with Crippen molar-refractivity contribution in [2.24, 2.45) is 0 Å². The Hall–Kier alpha value is -0.920. The van der Waals surface area contributed by atoms with Gasteiger partial charge in [0.05, 0.1) is 106 Å². The standard InChI is InChI=1S/C14H22O5.C9H18O5/c1-2-4-14-13(3-1)18-11-9-16-7-5-15-6-8-17-10-12-19-14;10-7-9-8-13-4-3-11-1-2-12-5-6-14-9/h1-4,13-14H,5-12H2;9-10H,1-8H2. The van der Waals surface area contributed by atoms with Crippen LogP contribution in [0.25, 0.3) is 0 Å². The average molecular weight is 477 g/mol. The number of rotatable bonds is 1. The predicted molar refractivity (Wildman–Crippen MR) is 119 cm³/mol. The van der Waals surface area contributed by atoms with Gasteiger partial charge in [0.2, 0.25) is 0 Å². The van der Waals surface area contributed by atoms with Crippen LogP contribution >= 0.6 is 0 Å². The lowest BCUT2D eigenvalue weighted by molar-refractivity contribution is -0.0803. The first-order chi connectivity index (χ1) is 16.4. The quantitative estimate of drug-likeness (QED) is 0.571. The highest BCUT2D eigenvalue weighted by Crippen LogP contribution is 2.12. The van der Waals surface area contributed by atoms with E-state index in [1.165, 1.54) is 0 Å². The van der Waals surface area contributed by atoms with Gasteiger partial charge in [-0.2, -0.15) is 0 Å². The molecule has 0 amide bonds. The third-order valence-electron chi connectivity index (χ3n) is 4.69. The summed E-state index contributed by atoms with van der Waals surface area (Å²) in [7, 11) is 0. The fourth-order valence-corrected chi connectivity index (χ4v) is 2.98. The molecule has 3 aliphatic rings. The molecule has 2 aliphatic heterocycles. The summed E-state index contributed by atoms with van der Waals surface area (Å²) < 4.78 is 48.7. The third-order valence-corrected chi connectivity index (χ3v) is 4.69. The number of aliphatic hydroxyl groups excluding tert-OH is 1. The van der Waals surface area contributed by atoms with Crippen LogP contribution in [0.1, 0.15) is 0 Å². The van der Waals surface area contributed by atoms with Gasteiger partial charge in [0.15, 0.2) is 0 Å². The van der Waals surface area contributed by atoms with Crippen molar-refractivity contribution in [3.8, 4) is 0 Å². The first kappa shape index (κ1) is 28.3. The molecule has 2 saturated heterocycles. The molecule has 0 aromatic rings. The highest BCUT2D eigenvalue weighted by atomic mass is 16.6. The second-order valence-corrected chi connectivity index (χ2v) is 7.25. The molecular weight excluding hydrogens is 436 g/mol. The number of aliphatic hydroxyl groups is 1. The first-order valence-electron chi connectivity index (χ1n) is 11.7. The molecule has 1 N–H and O–H groups in total. The highest BCUT2D eigenvalue weighted by molar-refractivity contribution is 5.16. The van der Waals surface area contributed by atoms with Crippen LogP contribution in [0.15, 0.2) is 24.3 Å². The SMILES string of the molecule is C1=CC2OCCOCCOCCOCCOC2C=C1.OCC1COCCOCCOCCO1. The summed E-state index contributed by atoms with van der Waals surface area (Å²) in [4.78, 5) is 0. The molecule has 3 rings (SSSR count). The molecule has 0 bridgehead atoms. The van der Waals surface area contributed by atoms with Gasteiger partial charge in [-0.15, -0.1) is 0 Å². The summed E-state index contributed by atoms with van der Waals surface area (Å²) in [6.45, 7) is 8.24. The van der Waals surface area contributed by atoms with E-state index in [4.69, 9.17) is 47.7 Å². The number of fused-ring (bicyclic) bond motifs is 1. The van der Waals surface area contributed by atoms with E-state index in [0.29, 0.717) is 99.1 Å². The van der Waals surface area contributed by atoms with Crippen molar-refractivity contribution in [1.29, 1.82) is 0 Å². The van der Waals surface area contributed by atoms with Crippen LogP contribution in [0.5, 0.6) is 0 Å². The maximum atomic E-state index is 8.92. The third kappa shape index (κ3) is 14.8. The van der Waals surface area contributed by atoms with Crippen LogP contribution in [0.4, 0.5) is 0 Å². The summed E-state index contributed by atoms with van der Waals surface area (Å²) in [6.07, 6.45) is 7.62. The van der Waals surface area contributed by atoms with Gasteiger partial charge in [0.1, 0.15) is 18.3 Å². The fourth-order valence-electron chi connectivity index (χ4n) is 2.98. The average Bonchev–Trinajstić information content (AvgIpc) is 2.84. The molecule has 2 heterocycles. The summed E-state index contributed by atoms with van der Waals surface area (Å²) in [5.74, 6) is 0. The molecule has 0 radical (unpaired) electrons. The Morgan fingerprint density at radius 3 is 1.27 bits per heavy atom. The second-order valence-electron chi connectivity index (χ2n) is 7.25. The first-order valence-corrected chi connectivity index (χ1v) is 11.7. The summed E-state index contributed by atoms with van der Waals surface area (Å²) in [5.41, 5.74) is 0. The van der Waals surface area contributed by atoms with Crippen LogP contribution in [-0.2, 0) is 42.6 Å². The van der Waals surface area contributed by atoms with Crippen LogP contribution in [-0.4, -0.2) is 129 Å². The lowest BCUT2D eigenvalue weighted by Gasteiger charge is -2.24. The van der Waals surface area contributed by atoms with Crippen LogP contribution in [0.2, 0.25) is 0 Å². The zero-order chi connectivity index (χ0) is 23.2. The molecule has 3 atom stereocenters. The maximum Gasteiger partial charge on any atom is 0.106 e. The monoisotopic (exact) mass is 476 g/mol. The zero-order valence-corrected chi connectivity index (χ0v) is 19.5. The normalized spacial score (nSPS) is 29.7. The number of hydrogen-bond donors (Lipinski definition) is 1. The molecule has 1 aliphatic carbocycles. The summed E-state index contributed by atoms with van der Waals surface area (Å²) in [6, 6.07) is 0. The minimum atomic E-state index is -0.252. The van der Waals surface area contributed by atoms with Gasteiger partial charge >= 0.3 is 0 Å². The van der Waals surface area contributed by atoms with Crippen LogP contribution < -0.4 is 0 Å². The van der Waals surface area contributed by atoms with E-state index in [1.807, 2.05) is 24.3 Å². The molecule has 33 heavy (non-hydrogen) atoms. The molecule has 10 nitrogen and oxygen atoms in total. The van der Waals surface area contributed by atoms with E-state index in [1.54, 1.807) is 0 Å².